The first-order chi connectivity index (χ1) is 13.8. The summed E-state index contributed by atoms with van der Waals surface area (Å²) >= 11 is 0. The standard InChI is InChI=1S/C15H22N2O2.C7H8O3S/c1-15(2,3)19-14(18)17-9-8-12(10-17)11-4-6-13(16)7-5-11;1-6-2-4-7(5-3-6)11(8,9)10/h4-7,12H,8-10,16H2,1-3H3;2-5H,1H3,(H,8,9,10). The Morgan fingerprint density at radius 3 is 2.17 bits per heavy atom. The zero-order chi connectivity index (χ0) is 22.5. The second kappa shape index (κ2) is 9.49. The molecule has 1 amide bonds. The highest BCUT2D eigenvalue weighted by Gasteiger charge is 2.30. The molecule has 8 heteroatoms. The van der Waals surface area contributed by atoms with E-state index in [0.717, 1.165) is 30.8 Å². The van der Waals surface area contributed by atoms with E-state index in [4.69, 9.17) is 15.0 Å². The summed E-state index contributed by atoms with van der Waals surface area (Å²) in [6.45, 7) is 8.98. The molecule has 2 aromatic carbocycles. The van der Waals surface area contributed by atoms with E-state index in [2.05, 4.69) is 0 Å². The van der Waals surface area contributed by atoms with Crippen LogP contribution in [0.2, 0.25) is 0 Å². The molecule has 1 aliphatic heterocycles. The van der Waals surface area contributed by atoms with Gasteiger partial charge >= 0.3 is 6.09 Å². The maximum absolute atomic E-state index is 12.0. The Morgan fingerprint density at radius 1 is 1.10 bits per heavy atom. The Balaban J connectivity index is 0.000000248. The first-order valence-electron chi connectivity index (χ1n) is 9.73. The number of nitrogen functional groups attached to an aromatic ring is 1. The van der Waals surface area contributed by atoms with Gasteiger partial charge in [0.2, 0.25) is 0 Å². The van der Waals surface area contributed by atoms with Gasteiger partial charge in [-0.3, -0.25) is 4.55 Å². The van der Waals surface area contributed by atoms with Crippen LogP contribution in [0.25, 0.3) is 0 Å². The highest BCUT2D eigenvalue weighted by atomic mass is 32.2. The normalized spacial score (nSPS) is 16.6. The average molecular weight is 435 g/mol. The number of benzene rings is 2. The van der Waals surface area contributed by atoms with Crippen molar-refractivity contribution in [1.29, 1.82) is 0 Å². The van der Waals surface area contributed by atoms with Gasteiger partial charge in [0.05, 0.1) is 4.90 Å². The molecule has 1 heterocycles. The summed E-state index contributed by atoms with van der Waals surface area (Å²) < 4.78 is 34.9. The zero-order valence-corrected chi connectivity index (χ0v) is 18.6. The van der Waals surface area contributed by atoms with Crippen LogP contribution in [0.15, 0.2) is 53.4 Å². The minimum Gasteiger partial charge on any atom is -0.444 e. The number of aryl methyl sites for hydroxylation is 1. The van der Waals surface area contributed by atoms with E-state index < -0.39 is 15.7 Å². The van der Waals surface area contributed by atoms with Gasteiger partial charge in [-0.05, 0) is 63.9 Å². The lowest BCUT2D eigenvalue weighted by Gasteiger charge is -2.24. The summed E-state index contributed by atoms with van der Waals surface area (Å²) in [5.74, 6) is 0.383. The van der Waals surface area contributed by atoms with Crippen molar-refractivity contribution in [3.05, 3.63) is 59.7 Å². The second-order valence-electron chi connectivity index (χ2n) is 8.37. The van der Waals surface area contributed by atoms with Crippen molar-refractivity contribution < 1.29 is 22.5 Å². The lowest BCUT2D eigenvalue weighted by Crippen LogP contribution is -2.35. The number of hydrogen-bond donors (Lipinski definition) is 2. The number of rotatable bonds is 2. The largest absolute Gasteiger partial charge is 0.444 e. The molecule has 30 heavy (non-hydrogen) atoms. The molecule has 1 atom stereocenters. The van der Waals surface area contributed by atoms with E-state index >= 15 is 0 Å². The molecule has 0 radical (unpaired) electrons. The molecule has 1 saturated heterocycles. The monoisotopic (exact) mass is 434 g/mol. The van der Waals surface area contributed by atoms with Gasteiger partial charge in [0.15, 0.2) is 0 Å². The van der Waals surface area contributed by atoms with Crippen LogP contribution in [-0.2, 0) is 14.9 Å². The molecule has 164 valence electrons. The summed E-state index contributed by atoms with van der Waals surface area (Å²) in [5, 5.41) is 0. The third kappa shape index (κ3) is 7.35. The lowest BCUT2D eigenvalue weighted by atomic mass is 9.98. The average Bonchev–Trinajstić information content (AvgIpc) is 3.11. The van der Waals surface area contributed by atoms with Crippen LogP contribution in [0.5, 0.6) is 0 Å². The Kier molecular flexibility index (Phi) is 7.49. The minimum atomic E-state index is -4.02. The van der Waals surface area contributed by atoms with Gasteiger partial charge in [-0.2, -0.15) is 8.42 Å². The third-order valence-electron chi connectivity index (χ3n) is 4.57. The first-order valence-corrected chi connectivity index (χ1v) is 11.2. The highest BCUT2D eigenvalue weighted by molar-refractivity contribution is 7.85. The van der Waals surface area contributed by atoms with Gasteiger partial charge in [-0.15, -0.1) is 0 Å². The Labute approximate surface area is 178 Å². The van der Waals surface area contributed by atoms with Crippen LogP contribution in [-0.4, -0.2) is 42.7 Å². The molecule has 1 unspecified atom stereocenters. The molecule has 0 bridgehead atoms. The van der Waals surface area contributed by atoms with Crippen LogP contribution in [0.1, 0.15) is 44.2 Å². The number of carbonyl (C=O) groups is 1. The Hall–Kier alpha value is -2.58. The molecule has 3 rings (SSSR count). The summed E-state index contributed by atoms with van der Waals surface area (Å²) in [4.78, 5) is 13.7. The molecule has 7 nitrogen and oxygen atoms in total. The van der Waals surface area contributed by atoms with Crippen molar-refractivity contribution >= 4 is 21.9 Å². The molecule has 1 fully saturated rings. The topological polar surface area (TPSA) is 110 Å². The molecular formula is C22H30N2O5S. The number of nitrogens with zero attached hydrogens (tertiary/aromatic N) is 1. The maximum Gasteiger partial charge on any atom is 0.410 e. The van der Waals surface area contributed by atoms with Crippen LogP contribution in [0.3, 0.4) is 0 Å². The molecule has 3 N–H and O–H groups in total. The van der Waals surface area contributed by atoms with Crippen LogP contribution >= 0.6 is 0 Å². The Bertz CT molecular complexity index is 949. The fourth-order valence-electron chi connectivity index (χ4n) is 3.00. The SMILES string of the molecule is CC(C)(C)OC(=O)N1CCC(c2ccc(N)cc2)C1.Cc1ccc(S(=O)(=O)O)cc1. The number of ether oxygens (including phenoxy) is 1. The molecular weight excluding hydrogens is 404 g/mol. The van der Waals surface area contributed by atoms with Gasteiger partial charge in [-0.25, -0.2) is 4.79 Å². The number of amides is 1. The molecule has 1 aliphatic rings. The molecule has 0 aromatic heterocycles. The lowest BCUT2D eigenvalue weighted by molar-refractivity contribution is 0.0292. The second-order valence-corrected chi connectivity index (χ2v) is 9.79. The van der Waals surface area contributed by atoms with Crippen molar-refractivity contribution in [2.24, 2.45) is 0 Å². The van der Waals surface area contributed by atoms with E-state index in [1.807, 2.05) is 52.0 Å². The van der Waals surface area contributed by atoms with Crippen molar-refractivity contribution in [2.75, 3.05) is 18.8 Å². The van der Waals surface area contributed by atoms with Crippen molar-refractivity contribution in [3.63, 3.8) is 0 Å². The van der Waals surface area contributed by atoms with Crippen LogP contribution < -0.4 is 5.73 Å². The maximum atomic E-state index is 12.0. The van der Waals surface area contributed by atoms with Gasteiger partial charge in [0.1, 0.15) is 5.60 Å². The molecule has 0 aliphatic carbocycles. The fourth-order valence-corrected chi connectivity index (χ4v) is 3.48. The summed E-state index contributed by atoms with van der Waals surface area (Å²) in [5.41, 5.74) is 8.21. The van der Waals surface area contributed by atoms with Crippen molar-refractivity contribution in [2.45, 2.75) is 50.5 Å². The fraction of sp³-hybridized carbons (Fsp3) is 0.409. The minimum absolute atomic E-state index is 0.0666. The van der Waals surface area contributed by atoms with Gasteiger partial charge < -0.3 is 15.4 Å². The van der Waals surface area contributed by atoms with E-state index in [-0.39, 0.29) is 11.0 Å². The molecule has 2 aromatic rings. The highest BCUT2D eigenvalue weighted by Crippen LogP contribution is 2.28. The molecule has 0 saturated carbocycles. The van der Waals surface area contributed by atoms with Gasteiger partial charge in [-0.1, -0.05) is 29.8 Å². The Morgan fingerprint density at radius 2 is 1.67 bits per heavy atom. The van der Waals surface area contributed by atoms with E-state index in [0.29, 0.717) is 5.92 Å². The number of nitrogens with two attached hydrogens (primary N) is 1. The zero-order valence-electron chi connectivity index (χ0n) is 17.8. The van der Waals surface area contributed by atoms with E-state index in [1.54, 1.807) is 17.0 Å². The predicted molar refractivity (Wildman–Crippen MR) is 117 cm³/mol. The number of likely N-dealkylation sites (tertiary alicyclic amines) is 1. The van der Waals surface area contributed by atoms with Crippen LogP contribution in [0.4, 0.5) is 10.5 Å². The third-order valence-corrected chi connectivity index (χ3v) is 5.43. The number of carbonyl (C=O) groups excluding carboxylic acids is 1. The number of hydrogen-bond acceptors (Lipinski definition) is 5. The van der Waals surface area contributed by atoms with E-state index in [9.17, 15) is 13.2 Å². The van der Waals surface area contributed by atoms with Gasteiger partial charge in [0.25, 0.3) is 10.1 Å². The van der Waals surface area contributed by atoms with Crippen LogP contribution in [0, 0.1) is 6.92 Å². The summed E-state index contributed by atoms with van der Waals surface area (Å²) in [6, 6.07) is 13.9. The van der Waals surface area contributed by atoms with Gasteiger partial charge in [0, 0.05) is 24.7 Å². The molecule has 0 spiro atoms. The smallest absolute Gasteiger partial charge is 0.410 e. The van der Waals surface area contributed by atoms with Crippen molar-refractivity contribution in [1.82, 2.24) is 4.90 Å². The summed E-state index contributed by atoms with van der Waals surface area (Å²) in [6.07, 6.45) is 0.758. The van der Waals surface area contributed by atoms with E-state index in [1.165, 1.54) is 17.7 Å². The van der Waals surface area contributed by atoms with Crippen molar-refractivity contribution in [3.8, 4) is 0 Å². The number of anilines is 1. The predicted octanol–water partition coefficient (Wildman–Crippen LogP) is 4.23. The summed E-state index contributed by atoms with van der Waals surface area (Å²) in [7, 11) is -4.02. The quantitative estimate of drug-likeness (QED) is 0.540. The first kappa shape index (κ1) is 23.7.